The Labute approximate surface area is 129 Å². The zero-order valence-corrected chi connectivity index (χ0v) is 14.9. The average Bonchev–Trinajstić information content (AvgIpc) is 2.28. The Hall–Kier alpha value is -0.220. The van der Waals surface area contributed by atoms with Gasteiger partial charge in [-0.1, -0.05) is 39.4 Å². The Balaban J connectivity index is 2.50. The zero-order chi connectivity index (χ0) is 14.8. The predicted molar refractivity (Wildman–Crippen MR) is 92.0 cm³/mol. The highest BCUT2D eigenvalue weighted by atomic mass is 32.1. The van der Waals surface area contributed by atoms with E-state index in [0.29, 0.717) is 5.41 Å². The Morgan fingerprint density at radius 1 is 1.16 bits per heavy atom. The molecule has 1 aliphatic carbocycles. The van der Waals surface area contributed by atoms with Crippen LogP contribution in [0.2, 0.25) is 0 Å². The summed E-state index contributed by atoms with van der Waals surface area (Å²) in [5.74, 6) is 0. The average molecular weight is 301 g/mol. The van der Waals surface area contributed by atoms with Crippen molar-refractivity contribution in [2.75, 3.05) is 27.7 Å². The van der Waals surface area contributed by atoms with Crippen molar-refractivity contribution >= 4 is 29.7 Å². The minimum absolute atomic E-state index is 0.136. The molecule has 0 aromatic heterocycles. The molecule has 0 fully saturated rings. The maximum atomic E-state index is 5.44. The molecule has 0 N–H and O–H groups in total. The number of rotatable bonds is 6. The highest BCUT2D eigenvalue weighted by Gasteiger charge is 2.36. The zero-order valence-electron chi connectivity index (χ0n) is 13.2. The summed E-state index contributed by atoms with van der Waals surface area (Å²) in [6, 6.07) is 0. The van der Waals surface area contributed by atoms with Crippen LogP contribution in [0.4, 0.5) is 0 Å². The minimum Gasteiger partial charge on any atom is -0.378 e. The standard InChI is InChI=1S/C15H28N2S2/c1-15(2,3)9-7-8-10-17(6)12-11(16(4)5)13(18)14(12)19/h13,18H,7-10H2,1-6H3. The van der Waals surface area contributed by atoms with Gasteiger partial charge in [0.2, 0.25) is 0 Å². The van der Waals surface area contributed by atoms with Crippen LogP contribution < -0.4 is 0 Å². The number of allylic oxidation sites excluding steroid dienone is 1. The second-order valence-electron chi connectivity index (χ2n) is 6.83. The predicted octanol–water partition coefficient (Wildman–Crippen LogP) is 3.59. The fraction of sp³-hybridized carbons (Fsp3) is 0.800. The van der Waals surface area contributed by atoms with Crippen molar-refractivity contribution in [2.24, 2.45) is 5.41 Å². The van der Waals surface area contributed by atoms with E-state index in [0.717, 1.165) is 11.4 Å². The summed E-state index contributed by atoms with van der Waals surface area (Å²) in [6.07, 6.45) is 3.77. The first kappa shape index (κ1) is 16.8. The Morgan fingerprint density at radius 3 is 2.21 bits per heavy atom. The summed E-state index contributed by atoms with van der Waals surface area (Å²) >= 11 is 9.98. The molecule has 1 atom stereocenters. The van der Waals surface area contributed by atoms with Gasteiger partial charge in [0.25, 0.3) is 0 Å². The lowest BCUT2D eigenvalue weighted by Crippen LogP contribution is -2.44. The molecular weight excluding hydrogens is 272 g/mol. The van der Waals surface area contributed by atoms with E-state index in [4.69, 9.17) is 12.2 Å². The van der Waals surface area contributed by atoms with Crippen molar-refractivity contribution in [1.29, 1.82) is 0 Å². The van der Waals surface area contributed by atoms with Crippen molar-refractivity contribution < 1.29 is 0 Å². The van der Waals surface area contributed by atoms with Crippen LogP contribution in [0.3, 0.4) is 0 Å². The van der Waals surface area contributed by atoms with Gasteiger partial charge < -0.3 is 9.80 Å². The van der Waals surface area contributed by atoms with Gasteiger partial charge in [-0.15, -0.1) is 0 Å². The third-order valence-electron chi connectivity index (χ3n) is 3.52. The topological polar surface area (TPSA) is 6.48 Å². The maximum absolute atomic E-state index is 5.44. The number of thiol groups is 1. The van der Waals surface area contributed by atoms with Crippen molar-refractivity contribution in [2.45, 2.75) is 45.3 Å². The van der Waals surface area contributed by atoms with Crippen molar-refractivity contribution in [3.8, 4) is 0 Å². The van der Waals surface area contributed by atoms with E-state index in [1.165, 1.54) is 30.7 Å². The maximum Gasteiger partial charge on any atom is 0.0809 e. The molecule has 2 nitrogen and oxygen atoms in total. The smallest absolute Gasteiger partial charge is 0.0809 e. The van der Waals surface area contributed by atoms with E-state index in [1.807, 2.05) is 0 Å². The first-order valence-electron chi connectivity index (χ1n) is 7.00. The van der Waals surface area contributed by atoms with Crippen LogP contribution in [-0.4, -0.2) is 47.6 Å². The normalized spacial score (nSPS) is 19.5. The largest absolute Gasteiger partial charge is 0.378 e. The first-order valence-corrected chi connectivity index (χ1v) is 7.92. The lowest BCUT2D eigenvalue weighted by molar-refractivity contribution is 0.333. The van der Waals surface area contributed by atoms with Crippen LogP contribution in [-0.2, 0) is 0 Å². The molecule has 0 saturated heterocycles. The van der Waals surface area contributed by atoms with E-state index in [1.54, 1.807) is 0 Å². The van der Waals surface area contributed by atoms with E-state index in [9.17, 15) is 0 Å². The second-order valence-corrected chi connectivity index (χ2v) is 7.79. The fourth-order valence-electron chi connectivity index (χ4n) is 2.39. The molecule has 1 unspecified atom stereocenters. The molecule has 1 aliphatic rings. The van der Waals surface area contributed by atoms with E-state index in [2.05, 4.69) is 64.3 Å². The van der Waals surface area contributed by atoms with E-state index < -0.39 is 0 Å². The molecule has 0 radical (unpaired) electrons. The Morgan fingerprint density at radius 2 is 1.74 bits per heavy atom. The van der Waals surface area contributed by atoms with Crippen LogP contribution in [0.1, 0.15) is 40.0 Å². The Bertz CT molecular complexity index is 367. The lowest BCUT2D eigenvalue weighted by Gasteiger charge is -2.40. The molecule has 0 heterocycles. The van der Waals surface area contributed by atoms with Crippen LogP contribution in [0, 0.1) is 5.41 Å². The van der Waals surface area contributed by atoms with Crippen LogP contribution in [0.25, 0.3) is 0 Å². The lowest BCUT2D eigenvalue weighted by atomic mass is 9.90. The molecule has 0 aliphatic heterocycles. The van der Waals surface area contributed by atoms with Gasteiger partial charge in [0.05, 0.1) is 21.5 Å². The van der Waals surface area contributed by atoms with Gasteiger partial charge in [0, 0.05) is 27.7 Å². The quantitative estimate of drug-likeness (QED) is 0.455. The third-order valence-corrected chi connectivity index (χ3v) is 4.62. The summed E-state index contributed by atoms with van der Waals surface area (Å²) in [5.41, 5.74) is 2.91. The summed E-state index contributed by atoms with van der Waals surface area (Å²) in [4.78, 5) is 5.42. The van der Waals surface area contributed by atoms with Crippen molar-refractivity contribution in [3.05, 3.63) is 11.4 Å². The molecule has 0 amide bonds. The monoisotopic (exact) mass is 300 g/mol. The highest BCUT2D eigenvalue weighted by Crippen LogP contribution is 2.34. The van der Waals surface area contributed by atoms with Crippen LogP contribution in [0.15, 0.2) is 11.4 Å². The molecule has 0 bridgehead atoms. The third kappa shape index (κ3) is 4.38. The van der Waals surface area contributed by atoms with E-state index in [-0.39, 0.29) is 5.25 Å². The van der Waals surface area contributed by atoms with Gasteiger partial charge in [-0.3, -0.25) is 0 Å². The molecule has 1 rings (SSSR count). The minimum atomic E-state index is 0.136. The van der Waals surface area contributed by atoms with E-state index >= 15 is 0 Å². The first-order chi connectivity index (χ1) is 8.65. The molecule has 110 valence electrons. The Kier molecular flexibility index (Phi) is 5.75. The number of unbranched alkanes of at least 4 members (excludes halogenated alkanes) is 1. The van der Waals surface area contributed by atoms with Gasteiger partial charge in [-0.05, 0) is 18.3 Å². The summed E-state index contributed by atoms with van der Waals surface area (Å²) in [7, 11) is 6.27. The molecular formula is C15H28N2S2. The molecule has 0 spiro atoms. The van der Waals surface area contributed by atoms with Gasteiger partial charge >= 0.3 is 0 Å². The van der Waals surface area contributed by atoms with Gasteiger partial charge in [0.15, 0.2) is 0 Å². The molecule has 0 aromatic rings. The number of nitrogens with zero attached hydrogens (tertiary/aromatic N) is 2. The SMILES string of the molecule is CN(C)C1=C(N(C)CCCCC(C)(C)C)C(=S)C1S. The summed E-state index contributed by atoms with van der Waals surface area (Å²) < 4.78 is 0. The van der Waals surface area contributed by atoms with Gasteiger partial charge in [-0.2, -0.15) is 12.6 Å². The number of hydrogen-bond donors (Lipinski definition) is 1. The van der Waals surface area contributed by atoms with Crippen molar-refractivity contribution in [3.63, 3.8) is 0 Å². The van der Waals surface area contributed by atoms with Gasteiger partial charge in [-0.25, -0.2) is 0 Å². The number of hydrogen-bond acceptors (Lipinski definition) is 4. The fourth-order valence-corrected chi connectivity index (χ4v) is 3.24. The summed E-state index contributed by atoms with van der Waals surface area (Å²) in [6.45, 7) is 7.98. The molecule has 19 heavy (non-hydrogen) atoms. The van der Waals surface area contributed by atoms with Crippen LogP contribution in [0.5, 0.6) is 0 Å². The van der Waals surface area contributed by atoms with Crippen molar-refractivity contribution in [1.82, 2.24) is 9.80 Å². The molecule has 4 heteroatoms. The van der Waals surface area contributed by atoms with Crippen LogP contribution >= 0.6 is 24.8 Å². The molecule has 0 saturated carbocycles. The van der Waals surface area contributed by atoms with Gasteiger partial charge in [0.1, 0.15) is 0 Å². The molecule has 0 aromatic carbocycles. The second kappa shape index (κ2) is 6.49. The summed E-state index contributed by atoms with van der Waals surface area (Å²) in [5, 5.41) is 0.136. The highest BCUT2D eigenvalue weighted by molar-refractivity contribution is 7.87. The number of thiocarbonyl (C=S) groups is 1.